The average Bonchev–Trinajstić information content (AvgIpc) is 2.86. The monoisotopic (exact) mass is 429 g/mol. The number of nitrogens with zero attached hydrogens (tertiary/aromatic N) is 1. The molecule has 0 spiro atoms. The van der Waals surface area contributed by atoms with Gasteiger partial charge in [-0.25, -0.2) is 0 Å². The first-order chi connectivity index (χ1) is 15.8. The van der Waals surface area contributed by atoms with Gasteiger partial charge >= 0.3 is 0 Å². The molecule has 0 amide bonds. The van der Waals surface area contributed by atoms with E-state index in [1.165, 1.54) is 73.7 Å². The van der Waals surface area contributed by atoms with Gasteiger partial charge in [-0.15, -0.1) is 0 Å². The van der Waals surface area contributed by atoms with Crippen molar-refractivity contribution in [2.75, 3.05) is 18.6 Å². The molecule has 0 aliphatic carbocycles. The first-order valence-corrected chi connectivity index (χ1v) is 12.3. The highest BCUT2D eigenvalue weighted by molar-refractivity contribution is 5.63. The van der Waals surface area contributed by atoms with Crippen LogP contribution in [0.2, 0.25) is 0 Å². The average molecular weight is 430 g/mol. The normalized spacial score (nSPS) is 10.8. The molecular formula is C30H39NO. The van der Waals surface area contributed by atoms with Crippen molar-refractivity contribution >= 4 is 5.69 Å². The van der Waals surface area contributed by atoms with Gasteiger partial charge in [0.05, 0.1) is 7.11 Å². The second kappa shape index (κ2) is 13.6. The second-order valence-corrected chi connectivity index (χ2v) is 8.66. The zero-order chi connectivity index (χ0) is 22.4. The van der Waals surface area contributed by atoms with Crippen molar-refractivity contribution in [3.8, 4) is 16.9 Å². The lowest BCUT2D eigenvalue weighted by Crippen LogP contribution is -2.23. The summed E-state index contributed by atoms with van der Waals surface area (Å²) in [5, 5.41) is 0. The Balaban J connectivity index is 1.59. The van der Waals surface area contributed by atoms with Gasteiger partial charge < -0.3 is 9.64 Å². The van der Waals surface area contributed by atoms with Gasteiger partial charge in [-0.3, -0.25) is 0 Å². The Kier molecular flexibility index (Phi) is 10.2. The van der Waals surface area contributed by atoms with Crippen molar-refractivity contribution < 1.29 is 4.74 Å². The quantitative estimate of drug-likeness (QED) is 0.238. The molecule has 0 saturated heterocycles. The van der Waals surface area contributed by atoms with Crippen LogP contribution in [-0.4, -0.2) is 13.7 Å². The molecule has 0 heterocycles. The molecule has 0 radical (unpaired) electrons. The summed E-state index contributed by atoms with van der Waals surface area (Å²) >= 11 is 0. The minimum Gasteiger partial charge on any atom is -0.497 e. The Labute approximate surface area is 195 Å². The summed E-state index contributed by atoms with van der Waals surface area (Å²) in [5.74, 6) is 0.910. The predicted molar refractivity (Wildman–Crippen MR) is 139 cm³/mol. The van der Waals surface area contributed by atoms with Crippen molar-refractivity contribution in [1.29, 1.82) is 0 Å². The molecule has 0 atom stereocenters. The van der Waals surface area contributed by atoms with Gasteiger partial charge in [0.25, 0.3) is 0 Å². The number of unbranched alkanes of at least 4 members (excludes halogenated alkanes) is 7. The maximum Gasteiger partial charge on any atom is 0.119 e. The maximum absolute atomic E-state index is 5.36. The van der Waals surface area contributed by atoms with Crippen molar-refractivity contribution in [1.82, 2.24) is 0 Å². The molecule has 0 bridgehead atoms. The molecule has 170 valence electrons. The third-order valence-corrected chi connectivity index (χ3v) is 6.15. The summed E-state index contributed by atoms with van der Waals surface area (Å²) in [4.78, 5) is 2.51. The van der Waals surface area contributed by atoms with Crippen LogP contribution in [0.15, 0.2) is 78.9 Å². The van der Waals surface area contributed by atoms with E-state index < -0.39 is 0 Å². The summed E-state index contributed by atoms with van der Waals surface area (Å²) in [7, 11) is 1.72. The molecule has 3 aromatic carbocycles. The lowest BCUT2D eigenvalue weighted by molar-refractivity contribution is 0.415. The number of hydrogen-bond acceptors (Lipinski definition) is 2. The molecule has 0 saturated carbocycles. The minimum atomic E-state index is 0.910. The Hall–Kier alpha value is -2.74. The number of methoxy groups -OCH3 is 1. The van der Waals surface area contributed by atoms with E-state index in [-0.39, 0.29) is 0 Å². The number of anilines is 1. The predicted octanol–water partition coefficient (Wildman–Crippen LogP) is 8.51. The van der Waals surface area contributed by atoms with E-state index in [1.54, 1.807) is 7.11 Å². The van der Waals surface area contributed by atoms with Gasteiger partial charge in [-0.1, -0.05) is 106 Å². The highest BCUT2D eigenvalue weighted by atomic mass is 16.5. The van der Waals surface area contributed by atoms with E-state index in [2.05, 4.69) is 90.7 Å². The fourth-order valence-corrected chi connectivity index (χ4v) is 4.18. The van der Waals surface area contributed by atoms with Gasteiger partial charge in [0.2, 0.25) is 0 Å². The van der Waals surface area contributed by atoms with Crippen LogP contribution in [0.3, 0.4) is 0 Å². The van der Waals surface area contributed by atoms with E-state index in [4.69, 9.17) is 4.74 Å². The number of hydrogen-bond donors (Lipinski definition) is 0. The van der Waals surface area contributed by atoms with Crippen LogP contribution >= 0.6 is 0 Å². The molecule has 2 nitrogen and oxygen atoms in total. The Bertz CT molecular complexity index is 871. The molecule has 2 heteroatoms. The number of ether oxygens (including phenoxy) is 1. The molecule has 3 rings (SSSR count). The van der Waals surface area contributed by atoms with E-state index in [0.717, 1.165) is 18.8 Å². The first-order valence-electron chi connectivity index (χ1n) is 12.3. The van der Waals surface area contributed by atoms with Crippen LogP contribution in [0, 0.1) is 0 Å². The van der Waals surface area contributed by atoms with Crippen LogP contribution in [0.25, 0.3) is 11.1 Å². The molecule has 32 heavy (non-hydrogen) atoms. The van der Waals surface area contributed by atoms with E-state index >= 15 is 0 Å². The fraction of sp³-hybridized carbons (Fsp3) is 0.400. The van der Waals surface area contributed by atoms with Crippen LogP contribution in [-0.2, 0) is 6.54 Å². The third-order valence-electron chi connectivity index (χ3n) is 6.15. The van der Waals surface area contributed by atoms with Crippen LogP contribution < -0.4 is 9.64 Å². The highest BCUT2D eigenvalue weighted by Gasteiger charge is 2.09. The van der Waals surface area contributed by atoms with Gasteiger partial charge in [-0.2, -0.15) is 0 Å². The lowest BCUT2D eigenvalue weighted by atomic mass is 10.0. The zero-order valence-electron chi connectivity index (χ0n) is 19.9. The van der Waals surface area contributed by atoms with Crippen molar-refractivity contribution in [3.05, 3.63) is 84.4 Å². The maximum atomic E-state index is 5.36. The molecule has 0 aliphatic heterocycles. The van der Waals surface area contributed by atoms with Gasteiger partial charge in [0, 0.05) is 18.8 Å². The second-order valence-electron chi connectivity index (χ2n) is 8.66. The standard InChI is InChI=1S/C30H39NO/c1-3-4-5-6-7-8-9-13-24-31(29-20-22-30(32-2)23-21-29)25-26-16-18-28(19-17-26)27-14-11-10-12-15-27/h10-12,14-23H,3-9,13,24-25H2,1-2H3. The molecule has 0 aromatic heterocycles. The van der Waals surface area contributed by atoms with E-state index in [0.29, 0.717) is 0 Å². The summed E-state index contributed by atoms with van der Waals surface area (Å²) in [6.07, 6.45) is 10.8. The third kappa shape index (κ3) is 7.75. The fourth-order valence-electron chi connectivity index (χ4n) is 4.18. The molecule has 0 aliphatic rings. The number of benzene rings is 3. The lowest BCUT2D eigenvalue weighted by Gasteiger charge is -2.25. The van der Waals surface area contributed by atoms with Gasteiger partial charge in [-0.05, 0) is 47.4 Å². The van der Waals surface area contributed by atoms with Gasteiger partial charge in [0.1, 0.15) is 5.75 Å². The summed E-state index contributed by atoms with van der Waals surface area (Å²) in [6, 6.07) is 28.1. The Morgan fingerprint density at radius 2 is 1.22 bits per heavy atom. The van der Waals surface area contributed by atoms with Crippen molar-refractivity contribution in [2.45, 2.75) is 64.8 Å². The molecule has 0 N–H and O–H groups in total. The van der Waals surface area contributed by atoms with Gasteiger partial charge in [0.15, 0.2) is 0 Å². The minimum absolute atomic E-state index is 0.910. The Morgan fingerprint density at radius 3 is 1.84 bits per heavy atom. The largest absolute Gasteiger partial charge is 0.497 e. The van der Waals surface area contributed by atoms with Crippen molar-refractivity contribution in [2.24, 2.45) is 0 Å². The molecule has 3 aromatic rings. The first kappa shape index (κ1) is 23.9. The Morgan fingerprint density at radius 1 is 0.625 bits per heavy atom. The number of rotatable bonds is 14. The highest BCUT2D eigenvalue weighted by Crippen LogP contribution is 2.24. The topological polar surface area (TPSA) is 12.5 Å². The molecule has 0 fully saturated rings. The summed E-state index contributed by atoms with van der Waals surface area (Å²) < 4.78 is 5.36. The molecular weight excluding hydrogens is 390 g/mol. The van der Waals surface area contributed by atoms with E-state index in [1.807, 2.05) is 0 Å². The van der Waals surface area contributed by atoms with Crippen molar-refractivity contribution in [3.63, 3.8) is 0 Å². The zero-order valence-corrected chi connectivity index (χ0v) is 19.9. The summed E-state index contributed by atoms with van der Waals surface area (Å²) in [6.45, 7) is 4.29. The van der Waals surface area contributed by atoms with Crippen LogP contribution in [0.1, 0.15) is 63.9 Å². The smallest absolute Gasteiger partial charge is 0.119 e. The molecule has 0 unspecified atom stereocenters. The summed E-state index contributed by atoms with van der Waals surface area (Å²) in [5.41, 5.74) is 5.15. The van der Waals surface area contributed by atoms with E-state index in [9.17, 15) is 0 Å². The SMILES string of the molecule is CCCCCCCCCCN(Cc1ccc(-c2ccccc2)cc1)c1ccc(OC)cc1. The van der Waals surface area contributed by atoms with Crippen LogP contribution in [0.5, 0.6) is 5.75 Å². The van der Waals surface area contributed by atoms with Crippen LogP contribution in [0.4, 0.5) is 5.69 Å².